The first-order chi connectivity index (χ1) is 8.56. The Labute approximate surface area is 100 Å². The molecule has 0 aliphatic heterocycles. The van der Waals surface area contributed by atoms with Crippen molar-refractivity contribution in [2.24, 2.45) is 5.73 Å². The molecule has 0 saturated carbocycles. The molecule has 0 aliphatic rings. The second kappa shape index (κ2) is 4.45. The van der Waals surface area contributed by atoms with Crippen molar-refractivity contribution in [2.75, 3.05) is 0 Å². The summed E-state index contributed by atoms with van der Waals surface area (Å²) in [6.07, 6.45) is 3.66. The quantitative estimate of drug-likeness (QED) is 0.659. The van der Waals surface area contributed by atoms with E-state index in [1.165, 1.54) is 23.4 Å². The van der Waals surface area contributed by atoms with Crippen LogP contribution in [0.15, 0.2) is 33.1 Å². The molecule has 2 rings (SSSR count). The zero-order valence-corrected chi connectivity index (χ0v) is 9.61. The van der Waals surface area contributed by atoms with Gasteiger partial charge in [-0.15, -0.1) is 4.68 Å². The number of nitrogens with two attached hydrogens (primary N) is 1. The minimum atomic E-state index is -0.845. The molecule has 0 saturated heterocycles. The SMILES string of the molecule is CCC(N)n1c(=O)[nH]c(=O)n(-n2ccnc2)c1=O. The van der Waals surface area contributed by atoms with Gasteiger partial charge in [0.15, 0.2) is 0 Å². The van der Waals surface area contributed by atoms with Gasteiger partial charge in [0, 0.05) is 12.4 Å². The molecule has 2 heterocycles. The van der Waals surface area contributed by atoms with Gasteiger partial charge < -0.3 is 5.73 Å². The third-order valence-corrected chi connectivity index (χ3v) is 2.48. The summed E-state index contributed by atoms with van der Waals surface area (Å²) in [6, 6.07) is 0. The van der Waals surface area contributed by atoms with Crippen LogP contribution in [0, 0.1) is 0 Å². The van der Waals surface area contributed by atoms with Gasteiger partial charge in [0.1, 0.15) is 6.33 Å². The van der Waals surface area contributed by atoms with Crippen molar-refractivity contribution in [1.29, 1.82) is 0 Å². The number of imidazole rings is 1. The van der Waals surface area contributed by atoms with E-state index in [2.05, 4.69) is 4.98 Å². The van der Waals surface area contributed by atoms with E-state index in [1.54, 1.807) is 6.92 Å². The van der Waals surface area contributed by atoms with Crippen molar-refractivity contribution >= 4 is 0 Å². The van der Waals surface area contributed by atoms with E-state index in [-0.39, 0.29) is 0 Å². The predicted molar refractivity (Wildman–Crippen MR) is 62.1 cm³/mol. The zero-order valence-electron chi connectivity index (χ0n) is 9.61. The normalized spacial score (nSPS) is 12.6. The van der Waals surface area contributed by atoms with Crippen LogP contribution in [-0.2, 0) is 0 Å². The Balaban J connectivity index is 2.81. The molecule has 3 N–H and O–H groups in total. The number of hydrogen-bond donors (Lipinski definition) is 2. The monoisotopic (exact) mass is 252 g/mol. The Hall–Kier alpha value is -2.42. The van der Waals surface area contributed by atoms with Gasteiger partial charge in [0.05, 0.1) is 6.17 Å². The van der Waals surface area contributed by atoms with Gasteiger partial charge in [-0.25, -0.2) is 28.6 Å². The summed E-state index contributed by atoms with van der Waals surface area (Å²) in [5.74, 6) is 0. The first-order valence-corrected chi connectivity index (χ1v) is 5.28. The van der Waals surface area contributed by atoms with Crippen molar-refractivity contribution in [1.82, 2.24) is 23.9 Å². The molecule has 18 heavy (non-hydrogen) atoms. The molecule has 9 nitrogen and oxygen atoms in total. The summed E-state index contributed by atoms with van der Waals surface area (Å²) in [5.41, 5.74) is 3.19. The van der Waals surface area contributed by atoms with Crippen molar-refractivity contribution in [3.63, 3.8) is 0 Å². The highest BCUT2D eigenvalue weighted by Gasteiger charge is 2.14. The zero-order chi connectivity index (χ0) is 13.3. The summed E-state index contributed by atoms with van der Waals surface area (Å²) in [6.45, 7) is 1.73. The molecular formula is C9H12N6O3. The Morgan fingerprint density at radius 1 is 1.39 bits per heavy atom. The van der Waals surface area contributed by atoms with Crippen LogP contribution in [0.3, 0.4) is 0 Å². The summed E-state index contributed by atoms with van der Waals surface area (Å²) in [7, 11) is 0. The molecule has 1 atom stereocenters. The van der Waals surface area contributed by atoms with Gasteiger partial charge >= 0.3 is 17.1 Å². The van der Waals surface area contributed by atoms with Gasteiger partial charge in [0.25, 0.3) is 0 Å². The van der Waals surface area contributed by atoms with E-state index in [0.29, 0.717) is 6.42 Å². The standard InChI is InChI=1S/C9H12N6O3/c1-2-6(10)14-7(16)12-8(17)15(9(14)18)13-4-3-11-5-13/h3-6H,2,10H2,1H3,(H,12,16,17). The fourth-order valence-electron chi connectivity index (χ4n) is 1.53. The predicted octanol–water partition coefficient (Wildman–Crippen LogP) is -1.93. The molecular weight excluding hydrogens is 240 g/mol. The van der Waals surface area contributed by atoms with Crippen LogP contribution in [0.2, 0.25) is 0 Å². The number of nitrogens with zero attached hydrogens (tertiary/aromatic N) is 4. The van der Waals surface area contributed by atoms with Gasteiger partial charge in [-0.3, -0.25) is 4.98 Å². The average Bonchev–Trinajstić information content (AvgIpc) is 2.81. The second-order valence-corrected chi connectivity index (χ2v) is 3.62. The number of nitrogens with one attached hydrogen (secondary N) is 1. The minimum Gasteiger partial charge on any atom is -0.311 e. The Morgan fingerprint density at radius 3 is 2.67 bits per heavy atom. The third-order valence-electron chi connectivity index (χ3n) is 2.48. The third kappa shape index (κ3) is 1.80. The van der Waals surface area contributed by atoms with Gasteiger partial charge in [-0.2, -0.15) is 0 Å². The average molecular weight is 252 g/mol. The van der Waals surface area contributed by atoms with Gasteiger partial charge in [-0.1, -0.05) is 6.92 Å². The molecule has 0 amide bonds. The van der Waals surface area contributed by atoms with Crippen molar-refractivity contribution in [3.05, 3.63) is 50.2 Å². The lowest BCUT2D eigenvalue weighted by molar-refractivity contribution is 0.411. The molecule has 0 radical (unpaired) electrons. The summed E-state index contributed by atoms with van der Waals surface area (Å²) in [4.78, 5) is 41.1. The Morgan fingerprint density at radius 2 is 2.11 bits per heavy atom. The second-order valence-electron chi connectivity index (χ2n) is 3.62. The summed E-state index contributed by atoms with van der Waals surface area (Å²) < 4.78 is 2.70. The largest absolute Gasteiger partial charge is 0.357 e. The highest BCUT2D eigenvalue weighted by atomic mass is 16.2. The van der Waals surface area contributed by atoms with E-state index in [4.69, 9.17) is 5.73 Å². The molecule has 0 fully saturated rings. The lowest BCUT2D eigenvalue weighted by Gasteiger charge is -2.13. The van der Waals surface area contributed by atoms with Crippen LogP contribution in [0.1, 0.15) is 19.5 Å². The first-order valence-electron chi connectivity index (χ1n) is 5.28. The van der Waals surface area contributed by atoms with Crippen LogP contribution in [0.4, 0.5) is 0 Å². The molecule has 96 valence electrons. The molecule has 0 bridgehead atoms. The lowest BCUT2D eigenvalue weighted by Crippen LogP contribution is -2.53. The van der Waals surface area contributed by atoms with E-state index in [0.717, 1.165) is 9.24 Å². The Kier molecular flexibility index (Phi) is 2.98. The molecule has 0 aliphatic carbocycles. The Bertz CT molecular complexity index is 707. The number of rotatable bonds is 3. The van der Waals surface area contributed by atoms with Gasteiger partial charge in [-0.05, 0) is 6.42 Å². The lowest BCUT2D eigenvalue weighted by atomic mass is 10.4. The van der Waals surface area contributed by atoms with E-state index in [9.17, 15) is 14.4 Å². The van der Waals surface area contributed by atoms with Crippen LogP contribution in [-0.4, -0.2) is 23.9 Å². The first kappa shape index (κ1) is 12.0. The number of aromatic nitrogens is 5. The number of aromatic amines is 1. The van der Waals surface area contributed by atoms with Crippen molar-refractivity contribution < 1.29 is 0 Å². The highest BCUT2D eigenvalue weighted by Crippen LogP contribution is 1.93. The minimum absolute atomic E-state index is 0.380. The summed E-state index contributed by atoms with van der Waals surface area (Å²) >= 11 is 0. The molecule has 0 aromatic carbocycles. The van der Waals surface area contributed by atoms with Crippen molar-refractivity contribution in [2.45, 2.75) is 19.5 Å². The van der Waals surface area contributed by atoms with Crippen molar-refractivity contribution in [3.8, 4) is 0 Å². The molecule has 1 unspecified atom stereocenters. The maximum atomic E-state index is 12.1. The topological polar surface area (TPSA) is 121 Å². The maximum absolute atomic E-state index is 12.1. The fourth-order valence-corrected chi connectivity index (χ4v) is 1.53. The maximum Gasteiger partial charge on any atom is 0.357 e. The fraction of sp³-hybridized carbons (Fsp3) is 0.333. The highest BCUT2D eigenvalue weighted by molar-refractivity contribution is 4.82. The number of hydrogen-bond acceptors (Lipinski definition) is 5. The van der Waals surface area contributed by atoms with Crippen LogP contribution < -0.4 is 22.8 Å². The number of H-pyrrole nitrogens is 1. The van der Waals surface area contributed by atoms with E-state index in [1.807, 2.05) is 4.98 Å². The molecule has 0 spiro atoms. The van der Waals surface area contributed by atoms with Gasteiger partial charge in [0.2, 0.25) is 0 Å². The molecule has 2 aromatic heterocycles. The molecule has 2 aromatic rings. The van der Waals surface area contributed by atoms with E-state index >= 15 is 0 Å². The van der Waals surface area contributed by atoms with Crippen LogP contribution in [0.5, 0.6) is 0 Å². The van der Waals surface area contributed by atoms with Crippen LogP contribution >= 0.6 is 0 Å². The smallest absolute Gasteiger partial charge is 0.311 e. The summed E-state index contributed by atoms with van der Waals surface area (Å²) in [5, 5.41) is 0. The molecule has 9 heteroatoms. The van der Waals surface area contributed by atoms with E-state index < -0.39 is 23.2 Å². The van der Waals surface area contributed by atoms with Crippen LogP contribution in [0.25, 0.3) is 0 Å².